The molecule has 1 aromatic rings. The summed E-state index contributed by atoms with van der Waals surface area (Å²) >= 11 is 0. The number of nitrogens with zero attached hydrogens (tertiary/aromatic N) is 3. The van der Waals surface area contributed by atoms with Crippen molar-refractivity contribution in [3.63, 3.8) is 0 Å². The van der Waals surface area contributed by atoms with Crippen LogP contribution in [0.2, 0.25) is 0 Å². The van der Waals surface area contributed by atoms with Crippen LogP contribution in [0, 0.1) is 0 Å². The smallest absolute Gasteiger partial charge is 0.251 e. The van der Waals surface area contributed by atoms with Crippen molar-refractivity contribution in [2.45, 2.75) is 77.5 Å². The Hall–Kier alpha value is -1.43. The molecule has 0 saturated heterocycles. The largest absolute Gasteiger partial charge is 0.365 e. The van der Waals surface area contributed by atoms with Crippen LogP contribution in [-0.4, -0.2) is 40.2 Å². The molecule has 1 atom stereocenters. The Morgan fingerprint density at radius 3 is 2.64 bits per heavy atom. The van der Waals surface area contributed by atoms with E-state index in [1.165, 1.54) is 25.7 Å². The number of aromatic nitrogens is 2. The molecule has 1 aromatic heterocycles. The summed E-state index contributed by atoms with van der Waals surface area (Å²) in [4.78, 5) is 18.2. The van der Waals surface area contributed by atoms with Crippen molar-refractivity contribution in [2.75, 3.05) is 7.05 Å². The summed E-state index contributed by atoms with van der Waals surface area (Å²) in [5.41, 5.74) is 0. The molecule has 2 rings (SSSR count). The summed E-state index contributed by atoms with van der Waals surface area (Å²) in [6, 6.07) is 0. The molecule has 1 amide bonds. The van der Waals surface area contributed by atoms with E-state index in [4.69, 9.17) is 9.26 Å². The number of rotatable bonds is 6. The minimum atomic E-state index is -0.429. The van der Waals surface area contributed by atoms with Crippen molar-refractivity contribution >= 4 is 5.91 Å². The number of hydrogen-bond donors (Lipinski definition) is 0. The van der Waals surface area contributed by atoms with Crippen LogP contribution in [0.5, 0.6) is 0 Å². The van der Waals surface area contributed by atoms with Crippen molar-refractivity contribution in [1.29, 1.82) is 0 Å². The highest BCUT2D eigenvalue weighted by molar-refractivity contribution is 5.80. The average Bonchev–Trinajstić information content (AvgIpc) is 2.81. The van der Waals surface area contributed by atoms with Crippen LogP contribution in [0.3, 0.4) is 0 Å². The number of ether oxygens (including phenoxy) is 1. The minimum Gasteiger partial charge on any atom is -0.365 e. The number of carbonyl (C=O) groups is 1. The molecule has 0 radical (unpaired) electrons. The molecule has 0 N–H and O–H groups in total. The van der Waals surface area contributed by atoms with Gasteiger partial charge in [0.05, 0.1) is 12.6 Å². The summed E-state index contributed by atoms with van der Waals surface area (Å²) in [5.74, 6) is 1.09. The van der Waals surface area contributed by atoms with Gasteiger partial charge in [-0.3, -0.25) is 4.79 Å². The van der Waals surface area contributed by atoms with Crippen LogP contribution >= 0.6 is 0 Å². The summed E-state index contributed by atoms with van der Waals surface area (Å²) < 4.78 is 11.1. The lowest BCUT2D eigenvalue weighted by Gasteiger charge is -2.24. The van der Waals surface area contributed by atoms with Crippen molar-refractivity contribution in [2.24, 2.45) is 0 Å². The fourth-order valence-electron chi connectivity index (χ4n) is 2.81. The van der Waals surface area contributed by atoms with Gasteiger partial charge in [0.15, 0.2) is 5.82 Å². The van der Waals surface area contributed by atoms with Crippen LogP contribution < -0.4 is 0 Å². The molecule has 124 valence electrons. The van der Waals surface area contributed by atoms with Crippen LogP contribution in [-0.2, 0) is 22.5 Å². The third-order valence-electron chi connectivity index (χ3n) is 4.12. The predicted molar refractivity (Wildman–Crippen MR) is 82.2 cm³/mol. The molecular formula is C16H27N3O3. The van der Waals surface area contributed by atoms with E-state index >= 15 is 0 Å². The number of amides is 1. The third-order valence-corrected chi connectivity index (χ3v) is 4.12. The lowest BCUT2D eigenvalue weighted by molar-refractivity contribution is -0.146. The van der Waals surface area contributed by atoms with Gasteiger partial charge < -0.3 is 14.2 Å². The zero-order chi connectivity index (χ0) is 15.9. The van der Waals surface area contributed by atoms with Gasteiger partial charge in [-0.2, -0.15) is 4.98 Å². The highest BCUT2D eigenvalue weighted by atomic mass is 16.5. The Balaban J connectivity index is 1.83. The lowest BCUT2D eigenvalue weighted by Crippen LogP contribution is -2.38. The van der Waals surface area contributed by atoms with E-state index in [9.17, 15) is 4.79 Å². The summed E-state index contributed by atoms with van der Waals surface area (Å²) in [5, 5.41) is 3.84. The second-order valence-electron chi connectivity index (χ2n) is 6.04. The molecule has 6 nitrogen and oxygen atoms in total. The maximum absolute atomic E-state index is 12.4. The Kier molecular flexibility index (Phi) is 6.36. The number of hydrogen-bond acceptors (Lipinski definition) is 5. The van der Waals surface area contributed by atoms with Gasteiger partial charge in [0, 0.05) is 13.5 Å². The van der Waals surface area contributed by atoms with Crippen LogP contribution in [0.1, 0.15) is 64.1 Å². The standard InChI is InChI=1S/C16H27N3O3/c1-4-14-17-15(22-18-14)11-19(3)16(20)12(2)21-13-9-7-5-6-8-10-13/h12-13H,4-11H2,1-3H3/t12-/m0/s1. The molecule has 1 fully saturated rings. The normalized spacial score (nSPS) is 18.0. The van der Waals surface area contributed by atoms with Crippen molar-refractivity contribution in [3.05, 3.63) is 11.7 Å². The maximum Gasteiger partial charge on any atom is 0.251 e. The highest BCUT2D eigenvalue weighted by Crippen LogP contribution is 2.21. The Bertz CT molecular complexity index is 467. The summed E-state index contributed by atoms with van der Waals surface area (Å²) in [6.45, 7) is 4.12. The lowest BCUT2D eigenvalue weighted by atomic mass is 10.1. The van der Waals surface area contributed by atoms with E-state index in [2.05, 4.69) is 10.1 Å². The van der Waals surface area contributed by atoms with Crippen molar-refractivity contribution < 1.29 is 14.1 Å². The van der Waals surface area contributed by atoms with Crippen LogP contribution in [0.15, 0.2) is 4.52 Å². The topological polar surface area (TPSA) is 68.5 Å². The van der Waals surface area contributed by atoms with Gasteiger partial charge in [-0.25, -0.2) is 0 Å². The second-order valence-corrected chi connectivity index (χ2v) is 6.04. The van der Waals surface area contributed by atoms with E-state index in [0.29, 0.717) is 18.3 Å². The molecule has 0 spiro atoms. The summed E-state index contributed by atoms with van der Waals surface area (Å²) in [6.07, 6.45) is 7.58. The SMILES string of the molecule is CCc1noc(CN(C)C(=O)[C@H](C)OC2CCCCCC2)n1. The molecule has 0 bridgehead atoms. The third kappa shape index (κ3) is 4.80. The minimum absolute atomic E-state index is 0.0412. The first kappa shape index (κ1) is 16.9. The van der Waals surface area contributed by atoms with Crippen molar-refractivity contribution in [3.8, 4) is 0 Å². The molecule has 1 aliphatic rings. The van der Waals surface area contributed by atoms with Gasteiger partial charge >= 0.3 is 0 Å². The summed E-state index contributed by atoms with van der Waals surface area (Å²) in [7, 11) is 1.74. The molecule has 22 heavy (non-hydrogen) atoms. The Morgan fingerprint density at radius 2 is 2.05 bits per heavy atom. The first-order valence-electron chi connectivity index (χ1n) is 8.32. The number of likely N-dealkylation sites (N-methyl/N-ethyl adjacent to an activating group) is 1. The van der Waals surface area contributed by atoms with Gasteiger partial charge in [0.1, 0.15) is 6.10 Å². The average molecular weight is 309 g/mol. The highest BCUT2D eigenvalue weighted by Gasteiger charge is 2.24. The Morgan fingerprint density at radius 1 is 1.36 bits per heavy atom. The van der Waals surface area contributed by atoms with Gasteiger partial charge in [-0.05, 0) is 19.8 Å². The van der Waals surface area contributed by atoms with Gasteiger partial charge in [0.2, 0.25) is 5.89 Å². The molecule has 0 unspecified atom stereocenters. The maximum atomic E-state index is 12.4. The number of carbonyl (C=O) groups excluding carboxylic acids is 1. The second kappa shape index (κ2) is 8.27. The van der Waals surface area contributed by atoms with E-state index in [-0.39, 0.29) is 12.0 Å². The predicted octanol–water partition coefficient (Wildman–Crippen LogP) is 2.72. The molecule has 6 heteroatoms. The molecular weight excluding hydrogens is 282 g/mol. The van der Waals surface area contributed by atoms with E-state index in [0.717, 1.165) is 19.3 Å². The van der Waals surface area contributed by atoms with Gasteiger partial charge in [-0.1, -0.05) is 37.8 Å². The van der Waals surface area contributed by atoms with E-state index in [1.807, 2.05) is 13.8 Å². The quantitative estimate of drug-likeness (QED) is 0.756. The molecule has 1 saturated carbocycles. The fourth-order valence-corrected chi connectivity index (χ4v) is 2.81. The van der Waals surface area contributed by atoms with E-state index < -0.39 is 6.10 Å². The van der Waals surface area contributed by atoms with Crippen molar-refractivity contribution in [1.82, 2.24) is 15.0 Å². The molecule has 1 heterocycles. The van der Waals surface area contributed by atoms with Gasteiger partial charge in [0.25, 0.3) is 5.91 Å². The molecule has 0 aliphatic heterocycles. The van der Waals surface area contributed by atoms with Crippen LogP contribution in [0.4, 0.5) is 0 Å². The van der Waals surface area contributed by atoms with Crippen LogP contribution in [0.25, 0.3) is 0 Å². The molecule has 0 aromatic carbocycles. The number of aryl methyl sites for hydroxylation is 1. The zero-order valence-corrected chi connectivity index (χ0v) is 13.9. The monoisotopic (exact) mass is 309 g/mol. The zero-order valence-electron chi connectivity index (χ0n) is 13.9. The molecule has 1 aliphatic carbocycles. The first-order valence-corrected chi connectivity index (χ1v) is 8.32. The first-order chi connectivity index (χ1) is 10.6. The van der Waals surface area contributed by atoms with E-state index in [1.54, 1.807) is 11.9 Å². The fraction of sp³-hybridized carbons (Fsp3) is 0.812. The Labute approximate surface area is 132 Å². The van der Waals surface area contributed by atoms with Gasteiger partial charge in [-0.15, -0.1) is 0 Å².